The van der Waals surface area contributed by atoms with Crippen molar-refractivity contribution in [2.45, 2.75) is 6.42 Å². The van der Waals surface area contributed by atoms with Crippen molar-refractivity contribution in [1.82, 2.24) is 10.2 Å². The van der Waals surface area contributed by atoms with Crippen molar-refractivity contribution in [1.29, 1.82) is 0 Å². The van der Waals surface area contributed by atoms with Crippen LogP contribution in [-0.4, -0.2) is 10.2 Å². The number of hydrogen-bond acceptors (Lipinski definition) is 3. The molecule has 3 nitrogen and oxygen atoms in total. The fourth-order valence-corrected chi connectivity index (χ4v) is 2.06. The monoisotopic (exact) mass is 304 g/mol. The molecule has 0 fully saturated rings. The molecule has 0 bridgehead atoms. The van der Waals surface area contributed by atoms with Crippen LogP contribution in [0.4, 0.5) is 0 Å². The van der Waals surface area contributed by atoms with Crippen LogP contribution in [0.2, 0.25) is 10.0 Å². The fraction of sp³-hybridized carbons (Fsp3) is 0.0667. The SMILES string of the molecule is Clc1ccc(Cc2nnc(-c3ccc(Cl)cc3)o2)cc1. The van der Waals surface area contributed by atoms with E-state index in [1.165, 1.54) is 0 Å². The third kappa shape index (κ3) is 3.00. The summed E-state index contributed by atoms with van der Waals surface area (Å²) in [5, 5.41) is 9.48. The Morgan fingerprint density at radius 2 is 1.40 bits per heavy atom. The summed E-state index contributed by atoms with van der Waals surface area (Å²) in [4.78, 5) is 0. The first-order valence-electron chi connectivity index (χ1n) is 6.03. The molecule has 5 heteroatoms. The van der Waals surface area contributed by atoms with Gasteiger partial charge in [0.2, 0.25) is 11.8 Å². The molecular weight excluding hydrogens is 295 g/mol. The zero-order valence-electron chi connectivity index (χ0n) is 10.4. The molecular formula is C15H10Cl2N2O. The van der Waals surface area contributed by atoms with Gasteiger partial charge >= 0.3 is 0 Å². The molecule has 0 spiro atoms. The van der Waals surface area contributed by atoms with E-state index in [2.05, 4.69) is 10.2 Å². The number of aromatic nitrogens is 2. The van der Waals surface area contributed by atoms with Crippen LogP contribution in [0.5, 0.6) is 0 Å². The number of benzene rings is 2. The first-order chi connectivity index (χ1) is 9.70. The molecule has 0 aliphatic heterocycles. The summed E-state index contributed by atoms with van der Waals surface area (Å²) in [7, 11) is 0. The molecule has 0 unspecified atom stereocenters. The Balaban J connectivity index is 1.80. The maximum absolute atomic E-state index is 5.85. The van der Waals surface area contributed by atoms with Crippen LogP contribution in [0.3, 0.4) is 0 Å². The highest BCUT2D eigenvalue weighted by Crippen LogP contribution is 2.21. The van der Waals surface area contributed by atoms with Gasteiger partial charge in [0.1, 0.15) is 0 Å². The van der Waals surface area contributed by atoms with Crippen LogP contribution in [0.1, 0.15) is 11.5 Å². The fourth-order valence-electron chi connectivity index (χ4n) is 1.81. The molecule has 3 aromatic rings. The van der Waals surface area contributed by atoms with Crippen LogP contribution in [-0.2, 0) is 6.42 Å². The van der Waals surface area contributed by atoms with Crippen LogP contribution < -0.4 is 0 Å². The van der Waals surface area contributed by atoms with Crippen LogP contribution in [0, 0.1) is 0 Å². The van der Waals surface area contributed by atoms with E-state index in [1.54, 1.807) is 12.1 Å². The lowest BCUT2D eigenvalue weighted by Crippen LogP contribution is -1.87. The van der Waals surface area contributed by atoms with Gasteiger partial charge in [-0.05, 0) is 42.0 Å². The quantitative estimate of drug-likeness (QED) is 0.708. The van der Waals surface area contributed by atoms with E-state index in [9.17, 15) is 0 Å². The van der Waals surface area contributed by atoms with E-state index < -0.39 is 0 Å². The third-order valence-electron chi connectivity index (χ3n) is 2.83. The van der Waals surface area contributed by atoms with Gasteiger partial charge in [-0.25, -0.2) is 0 Å². The molecule has 1 heterocycles. The largest absolute Gasteiger partial charge is 0.420 e. The molecule has 0 aliphatic rings. The van der Waals surface area contributed by atoms with Crippen molar-refractivity contribution in [3.05, 3.63) is 70.0 Å². The normalized spacial score (nSPS) is 10.7. The Hall–Kier alpha value is -1.84. The molecule has 1 aromatic heterocycles. The molecule has 3 rings (SSSR count). The average molecular weight is 305 g/mol. The summed E-state index contributed by atoms with van der Waals surface area (Å²) in [5.41, 5.74) is 1.92. The summed E-state index contributed by atoms with van der Waals surface area (Å²) in [6, 6.07) is 14.8. The van der Waals surface area contributed by atoms with E-state index in [1.807, 2.05) is 36.4 Å². The van der Waals surface area contributed by atoms with Crippen molar-refractivity contribution in [3.63, 3.8) is 0 Å². The first-order valence-corrected chi connectivity index (χ1v) is 6.79. The predicted octanol–water partition coefficient (Wildman–Crippen LogP) is 4.63. The Labute approximate surface area is 126 Å². The molecule has 0 N–H and O–H groups in total. The van der Waals surface area contributed by atoms with E-state index in [-0.39, 0.29) is 0 Å². The van der Waals surface area contributed by atoms with Gasteiger partial charge in [-0.15, -0.1) is 10.2 Å². The molecule has 0 radical (unpaired) electrons. The maximum Gasteiger partial charge on any atom is 0.247 e. The van der Waals surface area contributed by atoms with Crippen LogP contribution in [0.25, 0.3) is 11.5 Å². The molecule has 0 saturated heterocycles. The van der Waals surface area contributed by atoms with Gasteiger partial charge in [0.25, 0.3) is 0 Å². The van der Waals surface area contributed by atoms with Gasteiger partial charge in [-0.2, -0.15) is 0 Å². The first kappa shape index (κ1) is 13.2. The lowest BCUT2D eigenvalue weighted by molar-refractivity contribution is 0.518. The highest BCUT2D eigenvalue weighted by molar-refractivity contribution is 6.30. The standard InChI is InChI=1S/C15H10Cl2N2O/c16-12-5-1-10(2-6-12)9-14-18-19-15(20-14)11-3-7-13(17)8-4-11/h1-8H,9H2. The molecule has 0 amide bonds. The smallest absolute Gasteiger partial charge is 0.247 e. The molecule has 0 aliphatic carbocycles. The summed E-state index contributed by atoms with van der Waals surface area (Å²) in [6.07, 6.45) is 0.581. The highest BCUT2D eigenvalue weighted by Gasteiger charge is 2.09. The lowest BCUT2D eigenvalue weighted by Gasteiger charge is -1.97. The van der Waals surface area contributed by atoms with Gasteiger partial charge in [0.05, 0.1) is 6.42 Å². The minimum atomic E-state index is 0.491. The zero-order chi connectivity index (χ0) is 13.9. The van der Waals surface area contributed by atoms with Crippen molar-refractivity contribution < 1.29 is 4.42 Å². The van der Waals surface area contributed by atoms with E-state index in [0.717, 1.165) is 11.1 Å². The molecule has 20 heavy (non-hydrogen) atoms. The van der Waals surface area contributed by atoms with Crippen molar-refractivity contribution >= 4 is 23.2 Å². The number of halogens is 2. The summed E-state index contributed by atoms with van der Waals surface area (Å²) < 4.78 is 5.65. The molecule has 0 saturated carbocycles. The Morgan fingerprint density at radius 1 is 0.800 bits per heavy atom. The summed E-state index contributed by atoms with van der Waals surface area (Å²) in [6.45, 7) is 0. The Kier molecular flexibility index (Phi) is 3.72. The van der Waals surface area contributed by atoms with Gasteiger partial charge in [0, 0.05) is 15.6 Å². The highest BCUT2D eigenvalue weighted by atomic mass is 35.5. The second kappa shape index (κ2) is 5.65. The van der Waals surface area contributed by atoms with Gasteiger partial charge in [-0.1, -0.05) is 35.3 Å². The lowest BCUT2D eigenvalue weighted by atomic mass is 10.1. The third-order valence-corrected chi connectivity index (χ3v) is 3.33. The Morgan fingerprint density at radius 3 is 2.05 bits per heavy atom. The molecule has 0 atom stereocenters. The van der Waals surface area contributed by atoms with Gasteiger partial charge in [-0.3, -0.25) is 0 Å². The van der Waals surface area contributed by atoms with E-state index >= 15 is 0 Å². The zero-order valence-corrected chi connectivity index (χ0v) is 11.9. The summed E-state index contributed by atoms with van der Waals surface area (Å²) >= 11 is 11.7. The second-order valence-electron chi connectivity index (χ2n) is 4.31. The second-order valence-corrected chi connectivity index (χ2v) is 5.18. The predicted molar refractivity (Wildman–Crippen MR) is 79.0 cm³/mol. The van der Waals surface area contributed by atoms with Crippen molar-refractivity contribution in [2.24, 2.45) is 0 Å². The number of rotatable bonds is 3. The topological polar surface area (TPSA) is 38.9 Å². The average Bonchev–Trinajstić information content (AvgIpc) is 2.91. The minimum absolute atomic E-state index is 0.491. The molecule has 2 aromatic carbocycles. The Bertz CT molecular complexity index is 705. The molecule has 100 valence electrons. The maximum atomic E-state index is 5.85. The van der Waals surface area contributed by atoms with Crippen molar-refractivity contribution in [3.8, 4) is 11.5 Å². The van der Waals surface area contributed by atoms with Gasteiger partial charge < -0.3 is 4.42 Å². The van der Waals surface area contributed by atoms with E-state index in [0.29, 0.717) is 28.2 Å². The summed E-state index contributed by atoms with van der Waals surface area (Å²) in [5.74, 6) is 1.06. The van der Waals surface area contributed by atoms with E-state index in [4.69, 9.17) is 27.6 Å². The minimum Gasteiger partial charge on any atom is -0.420 e. The van der Waals surface area contributed by atoms with Crippen LogP contribution >= 0.6 is 23.2 Å². The van der Waals surface area contributed by atoms with Crippen molar-refractivity contribution in [2.75, 3.05) is 0 Å². The van der Waals surface area contributed by atoms with Crippen LogP contribution in [0.15, 0.2) is 52.9 Å². The van der Waals surface area contributed by atoms with Gasteiger partial charge in [0.15, 0.2) is 0 Å². The number of nitrogens with zero attached hydrogens (tertiary/aromatic N) is 2. The number of hydrogen-bond donors (Lipinski definition) is 0.